The molecule has 2 atom stereocenters. The van der Waals surface area contributed by atoms with Gasteiger partial charge in [0.15, 0.2) is 0 Å². The van der Waals surface area contributed by atoms with Crippen LogP contribution in [-0.2, 0) is 9.22 Å². The maximum Gasteiger partial charge on any atom is 0.261 e. The Balaban J connectivity index is 2.00. The number of hydrogen-bond donors (Lipinski definition) is 0. The minimum absolute atomic E-state index is 0.0124. The van der Waals surface area contributed by atoms with Crippen molar-refractivity contribution in [1.82, 2.24) is 0 Å². The fourth-order valence-corrected chi connectivity index (χ4v) is 10.6. The van der Waals surface area contributed by atoms with Crippen LogP contribution in [0.15, 0.2) is 72.3 Å². The van der Waals surface area contributed by atoms with E-state index < -0.39 is 8.32 Å². The molecule has 2 aromatic rings. The van der Waals surface area contributed by atoms with E-state index >= 15 is 0 Å². The third-order valence-corrected chi connectivity index (χ3v) is 13.7. The van der Waals surface area contributed by atoms with E-state index in [1.165, 1.54) is 15.9 Å². The normalized spacial score (nSPS) is 23.5. The van der Waals surface area contributed by atoms with E-state index in [1.54, 1.807) is 0 Å². The quantitative estimate of drug-likeness (QED) is 0.253. The van der Waals surface area contributed by atoms with E-state index in [9.17, 15) is 4.79 Å². The van der Waals surface area contributed by atoms with Crippen LogP contribution >= 0.6 is 0 Å². The van der Waals surface area contributed by atoms with Crippen LogP contribution in [0, 0.1) is 16.7 Å². The minimum atomic E-state index is -2.53. The minimum Gasteiger partial charge on any atom is -0.407 e. The second-order valence-electron chi connectivity index (χ2n) is 11.6. The number of carbonyl (C=O) groups is 1. The highest BCUT2D eigenvalue weighted by Crippen LogP contribution is 2.59. The van der Waals surface area contributed by atoms with Gasteiger partial charge in [-0.3, -0.25) is 0 Å². The monoisotopic (exact) mass is 462 g/mol. The second-order valence-corrected chi connectivity index (χ2v) is 15.9. The zero-order chi connectivity index (χ0) is 24.3. The van der Waals surface area contributed by atoms with Gasteiger partial charge in [0.2, 0.25) is 0 Å². The molecule has 0 amide bonds. The van der Waals surface area contributed by atoms with Gasteiger partial charge in [-0.15, -0.1) is 0 Å². The highest BCUT2D eigenvalue weighted by molar-refractivity contribution is 6.99. The Labute approximate surface area is 202 Å². The van der Waals surface area contributed by atoms with Gasteiger partial charge in [-0.1, -0.05) is 114 Å². The van der Waals surface area contributed by atoms with Crippen molar-refractivity contribution in [2.24, 2.45) is 16.7 Å². The van der Waals surface area contributed by atoms with Crippen LogP contribution in [0.5, 0.6) is 0 Å². The molecule has 0 aliphatic heterocycles. The van der Waals surface area contributed by atoms with Crippen molar-refractivity contribution >= 4 is 25.0 Å². The van der Waals surface area contributed by atoms with Gasteiger partial charge in [0.25, 0.3) is 8.32 Å². The van der Waals surface area contributed by atoms with Crippen LogP contribution in [0.4, 0.5) is 0 Å². The first-order chi connectivity index (χ1) is 15.5. The molecule has 0 heterocycles. The van der Waals surface area contributed by atoms with Crippen LogP contribution in [0.2, 0.25) is 5.04 Å². The summed E-state index contributed by atoms with van der Waals surface area (Å²) in [5.41, 5.74) is 1.50. The first kappa shape index (κ1) is 25.6. The third-order valence-electron chi connectivity index (χ3n) is 8.74. The van der Waals surface area contributed by atoms with E-state index in [2.05, 4.69) is 115 Å². The number of benzene rings is 2. The summed E-state index contributed by atoms with van der Waals surface area (Å²) < 4.78 is 7.30. The summed E-state index contributed by atoms with van der Waals surface area (Å²) in [4.78, 5) is 11.0. The molecular formula is C30H42O2Si. The number of aldehydes is 1. The van der Waals surface area contributed by atoms with Crippen molar-refractivity contribution in [3.63, 3.8) is 0 Å². The van der Waals surface area contributed by atoms with Crippen LogP contribution in [0.3, 0.4) is 0 Å². The number of allylic oxidation sites excluding steroid dienone is 2. The molecule has 0 aromatic heterocycles. The SMILES string of the molecule is CC(=CCC=O)[C@@]1(C)CC[C@@H](CO[Si](c2ccccc2)(c2ccccc2)C(C)(C)C)C1(C)C. The van der Waals surface area contributed by atoms with E-state index in [-0.39, 0.29) is 15.9 Å². The summed E-state index contributed by atoms with van der Waals surface area (Å²) in [5.74, 6) is 0.462. The average molecular weight is 463 g/mol. The highest BCUT2D eigenvalue weighted by Gasteiger charge is 2.55. The van der Waals surface area contributed by atoms with Crippen LogP contribution in [0.25, 0.3) is 0 Å². The fourth-order valence-electron chi connectivity index (χ4n) is 6.03. The molecule has 0 radical (unpaired) electrons. The average Bonchev–Trinajstić information content (AvgIpc) is 3.02. The van der Waals surface area contributed by atoms with Gasteiger partial charge in [-0.25, -0.2) is 0 Å². The molecule has 0 bridgehead atoms. The molecule has 1 saturated carbocycles. The lowest BCUT2D eigenvalue weighted by molar-refractivity contribution is -0.107. The van der Waals surface area contributed by atoms with Crippen molar-refractivity contribution in [1.29, 1.82) is 0 Å². The lowest BCUT2D eigenvalue weighted by Gasteiger charge is -2.46. The number of carbonyl (C=O) groups excluding carboxylic acids is 1. The molecule has 33 heavy (non-hydrogen) atoms. The third kappa shape index (κ3) is 4.55. The van der Waals surface area contributed by atoms with Crippen LogP contribution in [-0.4, -0.2) is 21.2 Å². The Kier molecular flexibility index (Phi) is 7.55. The van der Waals surface area contributed by atoms with Gasteiger partial charge in [0, 0.05) is 13.0 Å². The van der Waals surface area contributed by atoms with Crippen molar-refractivity contribution in [2.45, 2.75) is 72.8 Å². The maximum absolute atomic E-state index is 11.0. The van der Waals surface area contributed by atoms with Crippen molar-refractivity contribution < 1.29 is 9.22 Å². The lowest BCUT2D eigenvalue weighted by atomic mass is 9.62. The Bertz CT molecular complexity index is 916. The zero-order valence-electron chi connectivity index (χ0n) is 21.7. The molecule has 0 unspecified atom stereocenters. The van der Waals surface area contributed by atoms with Crippen LogP contribution in [0.1, 0.15) is 67.7 Å². The molecule has 3 heteroatoms. The van der Waals surface area contributed by atoms with Gasteiger partial charge in [-0.2, -0.15) is 0 Å². The summed E-state index contributed by atoms with van der Waals surface area (Å²) in [7, 11) is -2.53. The molecule has 2 nitrogen and oxygen atoms in total. The molecule has 2 aromatic carbocycles. The van der Waals surface area contributed by atoms with Gasteiger partial charge in [0.1, 0.15) is 6.29 Å². The van der Waals surface area contributed by atoms with E-state index in [0.717, 1.165) is 25.7 Å². The molecule has 1 aliphatic carbocycles. The molecule has 0 N–H and O–H groups in total. The molecule has 178 valence electrons. The lowest BCUT2D eigenvalue weighted by Crippen LogP contribution is -2.67. The first-order valence-corrected chi connectivity index (χ1v) is 14.3. The molecule has 3 rings (SSSR count). The molecule has 1 aliphatic rings. The maximum atomic E-state index is 11.0. The molecule has 0 spiro atoms. The van der Waals surface area contributed by atoms with Crippen LogP contribution < -0.4 is 10.4 Å². The summed E-state index contributed by atoms with van der Waals surface area (Å²) >= 11 is 0. The Morgan fingerprint density at radius 3 is 1.97 bits per heavy atom. The Morgan fingerprint density at radius 1 is 1.00 bits per heavy atom. The smallest absolute Gasteiger partial charge is 0.261 e. The Hall–Kier alpha value is -1.97. The standard InChI is InChI=1S/C30H42O2Si/c1-24(15-14-22-31)30(7)21-20-25(29(30,5)6)23-32-33(28(2,3)4,26-16-10-8-11-17-26)27-18-12-9-13-19-27/h8-13,15-19,22,25H,14,20-21,23H2,1-7H3/t25-,30+/m0/s1. The largest absolute Gasteiger partial charge is 0.407 e. The first-order valence-electron chi connectivity index (χ1n) is 12.4. The highest BCUT2D eigenvalue weighted by atomic mass is 28.4. The Morgan fingerprint density at radius 2 is 1.52 bits per heavy atom. The van der Waals surface area contributed by atoms with Gasteiger partial charge < -0.3 is 9.22 Å². The van der Waals surface area contributed by atoms with Gasteiger partial charge in [-0.05, 0) is 51.9 Å². The molecule has 0 saturated heterocycles. The van der Waals surface area contributed by atoms with Crippen molar-refractivity contribution in [3.8, 4) is 0 Å². The number of hydrogen-bond acceptors (Lipinski definition) is 2. The topological polar surface area (TPSA) is 26.3 Å². The van der Waals surface area contributed by atoms with Crippen molar-refractivity contribution in [2.75, 3.05) is 6.61 Å². The predicted molar refractivity (Wildman–Crippen MR) is 143 cm³/mol. The molecule has 1 fully saturated rings. The molecular weight excluding hydrogens is 420 g/mol. The number of rotatable bonds is 8. The van der Waals surface area contributed by atoms with Gasteiger partial charge >= 0.3 is 0 Å². The zero-order valence-corrected chi connectivity index (χ0v) is 22.7. The van der Waals surface area contributed by atoms with E-state index in [4.69, 9.17) is 4.43 Å². The summed E-state index contributed by atoms with van der Waals surface area (Å²) in [6, 6.07) is 21.8. The predicted octanol–water partition coefficient (Wildman–Crippen LogP) is 6.54. The van der Waals surface area contributed by atoms with Crippen molar-refractivity contribution in [3.05, 3.63) is 72.3 Å². The van der Waals surface area contributed by atoms with Gasteiger partial charge in [0.05, 0.1) is 0 Å². The summed E-state index contributed by atoms with van der Waals surface area (Å²) in [6.07, 6.45) is 5.91. The van der Waals surface area contributed by atoms with E-state index in [1.807, 2.05) is 0 Å². The van der Waals surface area contributed by atoms with E-state index in [0.29, 0.717) is 12.3 Å². The fraction of sp³-hybridized carbons (Fsp3) is 0.500. The second kappa shape index (κ2) is 9.72. The summed E-state index contributed by atoms with van der Waals surface area (Å²) in [6.45, 7) is 17.2. The summed E-state index contributed by atoms with van der Waals surface area (Å²) in [5, 5.41) is 2.66.